The number of ether oxygens (including phenoxy) is 3. The van der Waals surface area contributed by atoms with Gasteiger partial charge in [-0.05, 0) is 30.7 Å². The molecule has 1 N–H and O–H groups in total. The fourth-order valence-electron chi connectivity index (χ4n) is 3.89. The lowest BCUT2D eigenvalue weighted by atomic mass is 10.0. The first-order valence-electron chi connectivity index (χ1n) is 10.7. The van der Waals surface area contributed by atoms with Gasteiger partial charge in [-0.25, -0.2) is 0 Å². The maximum absolute atomic E-state index is 13.6. The van der Waals surface area contributed by atoms with Crippen molar-refractivity contribution in [3.63, 3.8) is 0 Å². The molecule has 3 aromatic carbocycles. The molecule has 0 bridgehead atoms. The Morgan fingerprint density at radius 3 is 2.12 bits per heavy atom. The second-order valence-corrected chi connectivity index (χ2v) is 7.82. The smallest absolute Gasteiger partial charge is 0.278 e. The summed E-state index contributed by atoms with van der Waals surface area (Å²) in [7, 11) is 4.65. The first-order chi connectivity index (χ1) is 16.5. The molecule has 7 nitrogen and oxygen atoms in total. The van der Waals surface area contributed by atoms with Crippen LogP contribution >= 0.6 is 0 Å². The number of benzene rings is 3. The summed E-state index contributed by atoms with van der Waals surface area (Å²) >= 11 is 0. The maximum atomic E-state index is 13.6. The number of nitrogens with zero attached hydrogens (tertiary/aromatic N) is 1. The number of carbonyl (C=O) groups is 2. The van der Waals surface area contributed by atoms with Crippen molar-refractivity contribution in [1.82, 2.24) is 4.90 Å². The van der Waals surface area contributed by atoms with Gasteiger partial charge in [0.15, 0.2) is 11.5 Å². The van der Waals surface area contributed by atoms with Crippen LogP contribution in [-0.4, -0.2) is 38.0 Å². The van der Waals surface area contributed by atoms with Crippen molar-refractivity contribution in [2.75, 3.05) is 26.6 Å². The first kappa shape index (κ1) is 22.9. The van der Waals surface area contributed by atoms with Crippen LogP contribution in [0.1, 0.15) is 16.7 Å². The molecule has 174 valence electrons. The number of methoxy groups -OCH3 is 3. The van der Waals surface area contributed by atoms with E-state index in [4.69, 9.17) is 14.2 Å². The van der Waals surface area contributed by atoms with Gasteiger partial charge in [-0.3, -0.25) is 14.5 Å². The molecule has 34 heavy (non-hydrogen) atoms. The predicted molar refractivity (Wildman–Crippen MR) is 130 cm³/mol. The predicted octanol–water partition coefficient (Wildman–Crippen LogP) is 4.41. The fourth-order valence-corrected chi connectivity index (χ4v) is 3.89. The molecule has 0 saturated carbocycles. The number of carbonyl (C=O) groups excluding carboxylic acids is 2. The van der Waals surface area contributed by atoms with Crippen molar-refractivity contribution in [3.05, 3.63) is 89.1 Å². The first-order valence-corrected chi connectivity index (χ1v) is 10.7. The van der Waals surface area contributed by atoms with E-state index in [1.165, 1.54) is 12.0 Å². The molecular formula is C27H26N2O5. The average molecular weight is 459 g/mol. The Kier molecular flexibility index (Phi) is 6.54. The average Bonchev–Trinajstić information content (AvgIpc) is 3.09. The van der Waals surface area contributed by atoms with Gasteiger partial charge in [0.2, 0.25) is 0 Å². The molecule has 1 aliphatic rings. The topological polar surface area (TPSA) is 77.1 Å². The molecular weight excluding hydrogens is 432 g/mol. The van der Waals surface area contributed by atoms with E-state index in [9.17, 15) is 9.59 Å². The highest BCUT2D eigenvalue weighted by Gasteiger charge is 2.39. The maximum Gasteiger partial charge on any atom is 0.278 e. The zero-order chi connectivity index (χ0) is 24.2. The van der Waals surface area contributed by atoms with Crippen LogP contribution in [-0.2, 0) is 16.1 Å². The summed E-state index contributed by atoms with van der Waals surface area (Å²) in [6.07, 6.45) is 0. The monoisotopic (exact) mass is 458 g/mol. The third-order valence-corrected chi connectivity index (χ3v) is 5.68. The minimum absolute atomic E-state index is 0.0914. The zero-order valence-electron chi connectivity index (χ0n) is 19.5. The van der Waals surface area contributed by atoms with E-state index in [1.54, 1.807) is 38.5 Å². The highest BCUT2D eigenvalue weighted by Crippen LogP contribution is 2.35. The van der Waals surface area contributed by atoms with Gasteiger partial charge in [0.25, 0.3) is 11.8 Å². The fraction of sp³-hybridized carbons (Fsp3) is 0.185. The van der Waals surface area contributed by atoms with Crippen molar-refractivity contribution in [2.24, 2.45) is 0 Å². The van der Waals surface area contributed by atoms with Gasteiger partial charge in [0.05, 0.1) is 33.4 Å². The van der Waals surface area contributed by atoms with Crippen molar-refractivity contribution in [3.8, 4) is 17.2 Å². The van der Waals surface area contributed by atoms with E-state index in [1.807, 2.05) is 49.4 Å². The van der Waals surface area contributed by atoms with E-state index >= 15 is 0 Å². The van der Waals surface area contributed by atoms with Crippen LogP contribution in [0.25, 0.3) is 5.57 Å². The van der Waals surface area contributed by atoms with Crippen LogP contribution in [0.5, 0.6) is 17.2 Å². The van der Waals surface area contributed by atoms with Crippen molar-refractivity contribution >= 4 is 23.1 Å². The largest absolute Gasteiger partial charge is 0.496 e. The molecule has 3 aromatic rings. The van der Waals surface area contributed by atoms with Crippen LogP contribution in [0, 0.1) is 6.92 Å². The minimum Gasteiger partial charge on any atom is -0.496 e. The van der Waals surface area contributed by atoms with Crippen LogP contribution in [0.2, 0.25) is 0 Å². The number of hydrogen-bond acceptors (Lipinski definition) is 6. The Bertz CT molecular complexity index is 1260. The van der Waals surface area contributed by atoms with E-state index < -0.39 is 5.91 Å². The molecule has 0 aromatic heterocycles. The Labute approximate surface area is 198 Å². The standard InChI is InChI=1S/C27H26N2O5/c1-17-9-11-18(12-10-17)24-25(28-20-13-14-22(33-3)23(15-20)34-4)27(31)29(26(24)30)16-19-7-5-6-8-21(19)32-2/h5-15,28H,16H2,1-4H3. The number of rotatable bonds is 8. The Morgan fingerprint density at radius 2 is 1.44 bits per heavy atom. The summed E-state index contributed by atoms with van der Waals surface area (Å²) in [6.45, 7) is 2.06. The lowest BCUT2D eigenvalue weighted by Gasteiger charge is -2.17. The van der Waals surface area contributed by atoms with Crippen LogP contribution < -0.4 is 19.5 Å². The summed E-state index contributed by atoms with van der Waals surface area (Å²) in [5.74, 6) is 0.894. The van der Waals surface area contributed by atoms with Gasteiger partial charge in [-0.15, -0.1) is 0 Å². The van der Waals surface area contributed by atoms with E-state index in [0.717, 1.165) is 11.1 Å². The summed E-state index contributed by atoms with van der Waals surface area (Å²) in [6, 6.07) is 20.1. The van der Waals surface area contributed by atoms with Gasteiger partial charge < -0.3 is 19.5 Å². The molecule has 1 heterocycles. The molecule has 0 radical (unpaired) electrons. The number of hydrogen-bond donors (Lipinski definition) is 1. The quantitative estimate of drug-likeness (QED) is 0.504. The normalized spacial score (nSPS) is 13.4. The molecule has 4 rings (SSSR count). The van der Waals surface area contributed by atoms with Crippen molar-refractivity contribution in [2.45, 2.75) is 13.5 Å². The molecule has 2 amide bonds. The van der Waals surface area contributed by atoms with Crippen LogP contribution in [0.3, 0.4) is 0 Å². The molecule has 0 atom stereocenters. The second kappa shape index (κ2) is 9.70. The summed E-state index contributed by atoms with van der Waals surface area (Å²) in [5, 5.41) is 3.16. The van der Waals surface area contributed by atoms with Gasteiger partial charge in [0.1, 0.15) is 11.4 Å². The molecule has 0 unspecified atom stereocenters. The number of amides is 2. The second-order valence-electron chi connectivity index (χ2n) is 7.82. The van der Waals surface area contributed by atoms with Gasteiger partial charge >= 0.3 is 0 Å². The zero-order valence-corrected chi connectivity index (χ0v) is 19.5. The number of nitrogens with one attached hydrogen (secondary N) is 1. The number of anilines is 1. The SMILES string of the molecule is COc1ccccc1CN1C(=O)C(Nc2ccc(OC)c(OC)c2)=C(c2ccc(C)cc2)C1=O. The van der Waals surface area contributed by atoms with Gasteiger partial charge in [0, 0.05) is 17.3 Å². The summed E-state index contributed by atoms with van der Waals surface area (Å²) < 4.78 is 16.1. The number of aryl methyl sites for hydroxylation is 1. The lowest BCUT2D eigenvalue weighted by molar-refractivity contribution is -0.137. The van der Waals surface area contributed by atoms with E-state index in [2.05, 4.69) is 5.32 Å². The molecule has 0 saturated heterocycles. The number of para-hydroxylation sites is 1. The lowest BCUT2D eigenvalue weighted by Crippen LogP contribution is -2.32. The highest BCUT2D eigenvalue weighted by molar-refractivity contribution is 6.36. The minimum atomic E-state index is -0.415. The summed E-state index contributed by atoms with van der Waals surface area (Å²) in [4.78, 5) is 28.3. The molecule has 1 aliphatic heterocycles. The van der Waals surface area contributed by atoms with Gasteiger partial charge in [-0.1, -0.05) is 48.0 Å². The number of imide groups is 1. The van der Waals surface area contributed by atoms with Crippen molar-refractivity contribution in [1.29, 1.82) is 0 Å². The Morgan fingerprint density at radius 1 is 0.765 bits per heavy atom. The molecule has 7 heteroatoms. The molecule has 0 fully saturated rings. The highest BCUT2D eigenvalue weighted by atomic mass is 16.5. The summed E-state index contributed by atoms with van der Waals surface area (Å²) in [5.41, 5.74) is 3.57. The van der Waals surface area contributed by atoms with Crippen LogP contribution in [0.4, 0.5) is 5.69 Å². The van der Waals surface area contributed by atoms with E-state index in [-0.39, 0.29) is 18.1 Å². The third kappa shape index (κ3) is 4.32. The Balaban J connectivity index is 1.75. The Hall–Kier alpha value is -4.26. The van der Waals surface area contributed by atoms with Crippen molar-refractivity contribution < 1.29 is 23.8 Å². The molecule has 0 aliphatic carbocycles. The third-order valence-electron chi connectivity index (χ3n) is 5.68. The molecule has 0 spiro atoms. The van der Waals surface area contributed by atoms with Gasteiger partial charge in [-0.2, -0.15) is 0 Å². The van der Waals surface area contributed by atoms with Crippen LogP contribution in [0.15, 0.2) is 72.4 Å². The van der Waals surface area contributed by atoms with E-state index in [0.29, 0.717) is 34.1 Å².